The van der Waals surface area contributed by atoms with E-state index in [1.807, 2.05) is 55.7 Å². The molecule has 6 nitrogen and oxygen atoms in total. The van der Waals surface area contributed by atoms with Gasteiger partial charge in [-0.3, -0.25) is 4.98 Å². The maximum atomic E-state index is 12.1. The number of fused-ring (bicyclic) bond motifs is 3. The van der Waals surface area contributed by atoms with Gasteiger partial charge in [-0.2, -0.15) is 0 Å². The first-order valence-corrected chi connectivity index (χ1v) is 11.5. The number of hydrogen-bond donors (Lipinski definition) is 1. The van der Waals surface area contributed by atoms with Crippen LogP contribution in [0, 0.1) is 0 Å². The van der Waals surface area contributed by atoms with Crippen LogP contribution in [0.15, 0.2) is 60.9 Å². The molecule has 1 N–H and O–H groups in total. The number of H-pyrrole nitrogens is 1. The fourth-order valence-corrected chi connectivity index (χ4v) is 4.16. The van der Waals surface area contributed by atoms with Gasteiger partial charge in [0.05, 0.1) is 24.4 Å². The van der Waals surface area contributed by atoms with Gasteiger partial charge < -0.3 is 19.2 Å². The predicted molar refractivity (Wildman–Crippen MR) is 129 cm³/mol. The lowest BCUT2D eigenvalue weighted by Crippen LogP contribution is -2.28. The monoisotopic (exact) mass is 446 g/mol. The fraction of sp³-hybridized carbons (Fsp3) is 0.333. The number of aryl methyl sites for hydroxylation is 1. The molecule has 1 aromatic carbocycles. The molecule has 2 aromatic rings. The largest absolute Gasteiger partial charge is 0.494 e. The van der Waals surface area contributed by atoms with Crippen LogP contribution >= 0.6 is 0 Å². The number of esters is 1. The molecule has 6 heteroatoms. The van der Waals surface area contributed by atoms with Gasteiger partial charge in [-0.15, -0.1) is 0 Å². The molecule has 1 atom stereocenters. The maximum absolute atomic E-state index is 12.1. The Morgan fingerprint density at radius 1 is 1.06 bits per heavy atom. The fourth-order valence-electron chi connectivity index (χ4n) is 4.16. The number of carbonyl (C=O) groups excluding carboxylic acids is 1. The van der Waals surface area contributed by atoms with Gasteiger partial charge in [0.1, 0.15) is 5.75 Å². The second kappa shape index (κ2) is 11.0. The number of pyridine rings is 2. The topological polar surface area (TPSA) is 73.4 Å². The number of ether oxygens (including phenoxy) is 3. The summed E-state index contributed by atoms with van der Waals surface area (Å²) in [5, 5.41) is 1.18. The highest BCUT2D eigenvalue weighted by Gasteiger charge is 2.21. The Kier molecular flexibility index (Phi) is 7.58. The number of hydrogen-bond acceptors (Lipinski definition) is 5. The van der Waals surface area contributed by atoms with E-state index in [9.17, 15) is 4.79 Å². The van der Waals surface area contributed by atoms with Gasteiger partial charge in [-0.1, -0.05) is 24.3 Å². The molecule has 0 fully saturated rings. The Balaban J connectivity index is 1.33. The predicted octanol–water partition coefficient (Wildman–Crippen LogP) is 5.19. The number of carbonyl (C=O) groups is 1. The van der Waals surface area contributed by atoms with E-state index in [0.29, 0.717) is 26.2 Å². The van der Waals surface area contributed by atoms with Crippen LogP contribution in [0.25, 0.3) is 22.2 Å². The van der Waals surface area contributed by atoms with Gasteiger partial charge in [0.15, 0.2) is 6.10 Å². The summed E-state index contributed by atoms with van der Waals surface area (Å²) in [5.41, 5.74) is 5.66. The first-order valence-electron chi connectivity index (χ1n) is 11.5. The van der Waals surface area contributed by atoms with Gasteiger partial charge >= 0.3 is 5.97 Å². The number of nitrogens with one attached hydrogen (secondary N) is 1. The number of rotatable bonds is 11. The van der Waals surface area contributed by atoms with Crippen LogP contribution in [0.5, 0.6) is 5.75 Å². The van der Waals surface area contributed by atoms with Crippen molar-refractivity contribution in [1.29, 1.82) is 0 Å². The van der Waals surface area contributed by atoms with Gasteiger partial charge in [0.2, 0.25) is 0 Å². The molecule has 1 aliphatic heterocycles. The highest BCUT2D eigenvalue weighted by Crippen LogP contribution is 2.36. The van der Waals surface area contributed by atoms with Crippen molar-refractivity contribution in [3.63, 3.8) is 0 Å². The molecule has 33 heavy (non-hydrogen) atoms. The maximum Gasteiger partial charge on any atom is 0.335 e. The van der Waals surface area contributed by atoms with Crippen LogP contribution in [-0.4, -0.2) is 41.9 Å². The number of nitrogens with zero attached hydrogens (tertiary/aromatic N) is 1. The molecule has 0 bridgehead atoms. The third kappa shape index (κ3) is 5.34. The molecule has 0 amide bonds. The Hall–Kier alpha value is -3.38. The zero-order chi connectivity index (χ0) is 23.0. The van der Waals surface area contributed by atoms with Crippen molar-refractivity contribution in [3.05, 3.63) is 72.1 Å². The van der Waals surface area contributed by atoms with Crippen LogP contribution < -0.4 is 4.74 Å². The minimum Gasteiger partial charge on any atom is -0.494 e. The Labute approximate surface area is 194 Å². The first-order chi connectivity index (χ1) is 16.2. The molecule has 0 saturated heterocycles. The van der Waals surface area contributed by atoms with Crippen molar-refractivity contribution in [3.8, 4) is 17.0 Å². The highest BCUT2D eigenvalue weighted by atomic mass is 16.6. The molecule has 0 radical (unpaired) electrons. The average molecular weight is 447 g/mol. The van der Waals surface area contributed by atoms with Crippen molar-refractivity contribution < 1.29 is 19.0 Å². The lowest BCUT2D eigenvalue weighted by Gasteiger charge is -2.15. The molecule has 2 heterocycles. The molecule has 0 spiro atoms. The van der Waals surface area contributed by atoms with Crippen molar-refractivity contribution >= 4 is 16.9 Å². The van der Waals surface area contributed by atoms with E-state index in [4.69, 9.17) is 14.2 Å². The second-order valence-corrected chi connectivity index (χ2v) is 7.83. The number of benzene rings is 1. The summed E-state index contributed by atoms with van der Waals surface area (Å²) in [6, 6.07) is 16.1. The summed E-state index contributed by atoms with van der Waals surface area (Å²) in [4.78, 5) is 20.1. The van der Waals surface area contributed by atoms with E-state index in [1.165, 1.54) is 16.5 Å². The Morgan fingerprint density at radius 2 is 1.91 bits per heavy atom. The van der Waals surface area contributed by atoms with E-state index in [0.717, 1.165) is 35.4 Å². The molecular weight excluding hydrogens is 416 g/mol. The summed E-state index contributed by atoms with van der Waals surface area (Å²) >= 11 is 0. The lowest BCUT2D eigenvalue weighted by atomic mass is 10.1. The average Bonchev–Trinajstić information content (AvgIpc) is 3.16. The summed E-state index contributed by atoms with van der Waals surface area (Å²) in [7, 11) is 0. The number of aromatic amines is 1. The smallest absolute Gasteiger partial charge is 0.335 e. The van der Waals surface area contributed by atoms with E-state index in [-0.39, 0.29) is 5.97 Å². The van der Waals surface area contributed by atoms with Crippen molar-refractivity contribution in [1.82, 2.24) is 9.97 Å². The molecule has 1 aliphatic carbocycles. The first kappa shape index (κ1) is 22.8. The van der Waals surface area contributed by atoms with E-state index >= 15 is 0 Å². The quantitative estimate of drug-likeness (QED) is 0.254. The van der Waals surface area contributed by atoms with Gasteiger partial charge in [-0.25, -0.2) is 4.79 Å². The van der Waals surface area contributed by atoms with Crippen LogP contribution in [-0.2, 0) is 27.1 Å². The molecule has 1 unspecified atom stereocenters. The molecule has 0 saturated carbocycles. The van der Waals surface area contributed by atoms with Crippen LogP contribution in [0.2, 0.25) is 0 Å². The molecule has 1 aromatic heterocycles. The highest BCUT2D eigenvalue weighted by molar-refractivity contribution is 6.02. The summed E-state index contributed by atoms with van der Waals surface area (Å²) < 4.78 is 16.6. The van der Waals surface area contributed by atoms with Crippen molar-refractivity contribution in [2.24, 2.45) is 0 Å². The third-order valence-electron chi connectivity index (χ3n) is 5.64. The molecule has 2 aliphatic rings. The SMILES string of the molecule is CCOC(=O)C(Cc1ccc(OCCCc2c3[nH]cccc-3c3cccnc23)cc1)OCC. The Bertz CT molecular complexity index is 1150. The third-order valence-corrected chi connectivity index (χ3v) is 5.64. The van der Waals surface area contributed by atoms with Crippen LogP contribution in [0.1, 0.15) is 31.4 Å². The van der Waals surface area contributed by atoms with E-state index in [1.54, 1.807) is 6.92 Å². The number of aromatic nitrogens is 2. The van der Waals surface area contributed by atoms with Gasteiger partial charge in [0.25, 0.3) is 0 Å². The molecule has 172 valence electrons. The van der Waals surface area contributed by atoms with Gasteiger partial charge in [0, 0.05) is 41.9 Å². The minimum absolute atomic E-state index is 0.320. The van der Waals surface area contributed by atoms with Crippen LogP contribution in [0.4, 0.5) is 0 Å². The zero-order valence-corrected chi connectivity index (χ0v) is 19.2. The van der Waals surface area contributed by atoms with Crippen molar-refractivity contribution in [2.75, 3.05) is 19.8 Å². The molecule has 4 rings (SSSR count). The van der Waals surface area contributed by atoms with Crippen molar-refractivity contribution in [2.45, 2.75) is 39.2 Å². The Morgan fingerprint density at radius 3 is 2.70 bits per heavy atom. The van der Waals surface area contributed by atoms with E-state index < -0.39 is 6.10 Å². The summed E-state index contributed by atoms with van der Waals surface area (Å²) in [6.07, 6.45) is 5.46. The summed E-state index contributed by atoms with van der Waals surface area (Å²) in [6.45, 7) is 5.09. The van der Waals surface area contributed by atoms with Gasteiger partial charge in [-0.05, 0) is 56.5 Å². The second-order valence-electron chi connectivity index (χ2n) is 7.83. The zero-order valence-electron chi connectivity index (χ0n) is 19.2. The normalized spacial score (nSPS) is 12.2. The standard InChI is InChI=1S/C27H30N2O4/c1-3-31-24(27(30)32-4-2)18-19-11-13-20(14-12-19)33-17-7-10-23-25-21(8-5-15-28-25)22-9-6-16-29-26(22)23/h5-6,8-9,11-16,24,28H,3-4,7,10,17-18H2,1-2H3. The lowest BCUT2D eigenvalue weighted by molar-refractivity contribution is -0.156. The van der Waals surface area contributed by atoms with E-state index in [2.05, 4.69) is 22.1 Å². The minimum atomic E-state index is -0.582. The molecular formula is C27H30N2O4. The van der Waals surface area contributed by atoms with Crippen LogP contribution in [0.3, 0.4) is 0 Å². The summed E-state index contributed by atoms with van der Waals surface area (Å²) in [5.74, 6) is 0.490.